The van der Waals surface area contributed by atoms with E-state index >= 15 is 0 Å². The Hall–Kier alpha value is -2.21. The summed E-state index contributed by atoms with van der Waals surface area (Å²) in [5.41, 5.74) is 6.78. The fourth-order valence-corrected chi connectivity index (χ4v) is 5.53. The minimum absolute atomic E-state index is 0.654. The fourth-order valence-electron chi connectivity index (χ4n) is 5.53. The van der Waals surface area contributed by atoms with Gasteiger partial charge in [-0.2, -0.15) is 0 Å². The first-order chi connectivity index (χ1) is 16.2. The van der Waals surface area contributed by atoms with E-state index in [1.807, 2.05) is 12.4 Å². The number of piperazine rings is 1. The van der Waals surface area contributed by atoms with Crippen LogP contribution in [0.15, 0.2) is 42.7 Å². The molecule has 5 nitrogen and oxygen atoms in total. The van der Waals surface area contributed by atoms with Crippen LogP contribution in [0, 0.1) is 0 Å². The van der Waals surface area contributed by atoms with Crippen molar-refractivity contribution in [3.63, 3.8) is 0 Å². The first-order valence-corrected chi connectivity index (χ1v) is 12.8. The van der Waals surface area contributed by atoms with Crippen LogP contribution in [0.5, 0.6) is 0 Å². The number of nitrogens with zero attached hydrogens (tertiary/aromatic N) is 4. The van der Waals surface area contributed by atoms with Crippen LogP contribution in [0.25, 0.3) is 11.6 Å². The molecular formula is C28H39N5. The van der Waals surface area contributed by atoms with Crippen molar-refractivity contribution in [1.82, 2.24) is 20.1 Å². The maximum Gasteiger partial charge on any atom is 0.0372 e. The predicted molar refractivity (Wildman–Crippen MR) is 139 cm³/mol. The second kappa shape index (κ2) is 10.4. The maximum absolute atomic E-state index is 4.28. The molecule has 0 spiro atoms. The Morgan fingerprint density at radius 3 is 2.61 bits per heavy atom. The summed E-state index contributed by atoms with van der Waals surface area (Å²) in [6, 6.07) is 12.6. The monoisotopic (exact) mass is 445 g/mol. The molecule has 1 aromatic carbocycles. The first kappa shape index (κ1) is 22.6. The van der Waals surface area contributed by atoms with E-state index < -0.39 is 0 Å². The van der Waals surface area contributed by atoms with Crippen molar-refractivity contribution < 1.29 is 0 Å². The van der Waals surface area contributed by atoms with Gasteiger partial charge in [0.1, 0.15) is 0 Å². The van der Waals surface area contributed by atoms with Crippen LogP contribution >= 0.6 is 0 Å². The Kier molecular flexibility index (Phi) is 7.10. The molecule has 2 aliphatic heterocycles. The molecule has 5 heteroatoms. The number of fused-ring (bicyclic) bond motifs is 1. The van der Waals surface area contributed by atoms with Crippen LogP contribution < -0.4 is 10.2 Å². The van der Waals surface area contributed by atoms with Gasteiger partial charge in [-0.25, -0.2) is 0 Å². The van der Waals surface area contributed by atoms with Crippen LogP contribution in [0.4, 0.5) is 5.69 Å². The van der Waals surface area contributed by atoms with Crippen molar-refractivity contribution in [2.45, 2.75) is 45.2 Å². The molecule has 33 heavy (non-hydrogen) atoms. The smallest absolute Gasteiger partial charge is 0.0372 e. The molecule has 1 N–H and O–H groups in total. The van der Waals surface area contributed by atoms with Gasteiger partial charge in [-0.05, 0) is 79.6 Å². The van der Waals surface area contributed by atoms with Crippen molar-refractivity contribution in [2.75, 3.05) is 57.3 Å². The van der Waals surface area contributed by atoms with Crippen molar-refractivity contribution in [3.8, 4) is 0 Å². The van der Waals surface area contributed by atoms with E-state index in [0.717, 1.165) is 26.1 Å². The molecule has 2 aromatic rings. The lowest BCUT2D eigenvalue weighted by Crippen LogP contribution is -2.51. The number of rotatable bonds is 7. The van der Waals surface area contributed by atoms with Gasteiger partial charge in [0, 0.05) is 82.5 Å². The topological polar surface area (TPSA) is 34.6 Å². The summed E-state index contributed by atoms with van der Waals surface area (Å²) in [7, 11) is 0. The number of benzene rings is 1. The summed E-state index contributed by atoms with van der Waals surface area (Å²) in [4.78, 5) is 12.1. The molecule has 1 aromatic heterocycles. The molecule has 0 atom stereocenters. The van der Waals surface area contributed by atoms with Crippen LogP contribution in [-0.4, -0.2) is 79.2 Å². The normalized spacial score (nSPS) is 20.3. The van der Waals surface area contributed by atoms with E-state index in [0.29, 0.717) is 12.1 Å². The summed E-state index contributed by atoms with van der Waals surface area (Å²) < 4.78 is 0. The molecule has 0 unspecified atom stereocenters. The van der Waals surface area contributed by atoms with E-state index in [1.54, 1.807) is 0 Å². The highest BCUT2D eigenvalue weighted by atomic mass is 15.3. The Labute approximate surface area is 199 Å². The second-order valence-corrected chi connectivity index (χ2v) is 10.2. The SMILES string of the molecule is CC(C)N1CCN(CCNC2CCN(c3cccc(C4=Cc5cnccc5C4)c3)CC2)CC1. The number of anilines is 1. The molecule has 3 aliphatic rings. The Morgan fingerprint density at radius 1 is 1.03 bits per heavy atom. The van der Waals surface area contributed by atoms with E-state index in [9.17, 15) is 0 Å². The molecule has 0 amide bonds. The van der Waals surface area contributed by atoms with E-state index in [4.69, 9.17) is 0 Å². The molecule has 2 saturated heterocycles. The lowest BCUT2D eigenvalue weighted by molar-refractivity contribution is 0.108. The predicted octanol–water partition coefficient (Wildman–Crippen LogP) is 3.76. The van der Waals surface area contributed by atoms with E-state index in [2.05, 4.69) is 75.3 Å². The number of aromatic nitrogens is 1. The van der Waals surface area contributed by atoms with Gasteiger partial charge in [0.15, 0.2) is 0 Å². The van der Waals surface area contributed by atoms with Gasteiger partial charge >= 0.3 is 0 Å². The second-order valence-electron chi connectivity index (χ2n) is 10.2. The molecule has 1 aliphatic carbocycles. The number of nitrogens with one attached hydrogen (secondary N) is 1. The summed E-state index contributed by atoms with van der Waals surface area (Å²) >= 11 is 0. The highest BCUT2D eigenvalue weighted by Gasteiger charge is 2.22. The molecule has 3 heterocycles. The standard InChI is InChI=1S/C28H39N5/c1-22(2)32-16-14-31(15-17-32)13-10-30-27-7-11-33(12-8-27)28-5-3-4-23(20-28)25-18-24-6-9-29-21-26(24)19-25/h3-6,9,19-22,27,30H,7-8,10-18H2,1-2H3. The van der Waals surface area contributed by atoms with Crippen molar-refractivity contribution >= 4 is 17.3 Å². The average Bonchev–Trinajstić information content (AvgIpc) is 3.29. The van der Waals surface area contributed by atoms with Gasteiger partial charge in [0.2, 0.25) is 0 Å². The third-order valence-corrected chi connectivity index (χ3v) is 7.73. The largest absolute Gasteiger partial charge is 0.371 e. The zero-order valence-corrected chi connectivity index (χ0v) is 20.3. The number of piperidine rings is 1. The fraction of sp³-hybridized carbons (Fsp3) is 0.536. The van der Waals surface area contributed by atoms with E-state index in [-0.39, 0.29) is 0 Å². The molecule has 0 saturated carbocycles. The molecule has 176 valence electrons. The molecule has 2 fully saturated rings. The first-order valence-electron chi connectivity index (χ1n) is 12.8. The number of allylic oxidation sites excluding steroid dienone is 1. The summed E-state index contributed by atoms with van der Waals surface area (Å²) in [5.74, 6) is 0. The van der Waals surface area contributed by atoms with Crippen LogP contribution in [0.2, 0.25) is 0 Å². The zero-order valence-electron chi connectivity index (χ0n) is 20.3. The van der Waals surface area contributed by atoms with Crippen LogP contribution in [0.3, 0.4) is 0 Å². The summed E-state index contributed by atoms with van der Waals surface area (Å²) in [6.07, 6.45) is 9.66. The van der Waals surface area contributed by atoms with Crippen molar-refractivity contribution in [2.24, 2.45) is 0 Å². The quantitative estimate of drug-likeness (QED) is 0.702. The third kappa shape index (κ3) is 5.48. The van der Waals surface area contributed by atoms with Gasteiger partial charge in [0.05, 0.1) is 0 Å². The zero-order chi connectivity index (χ0) is 22.6. The molecular weight excluding hydrogens is 406 g/mol. The van der Waals surface area contributed by atoms with Crippen LogP contribution in [0.1, 0.15) is 43.4 Å². The highest BCUT2D eigenvalue weighted by Crippen LogP contribution is 2.33. The molecule has 0 bridgehead atoms. The number of hydrogen-bond donors (Lipinski definition) is 1. The summed E-state index contributed by atoms with van der Waals surface area (Å²) in [6.45, 7) is 14.1. The Balaban J connectivity index is 1.07. The van der Waals surface area contributed by atoms with Gasteiger partial charge in [-0.15, -0.1) is 0 Å². The lowest BCUT2D eigenvalue weighted by Gasteiger charge is -2.37. The Morgan fingerprint density at radius 2 is 1.85 bits per heavy atom. The molecule has 5 rings (SSSR count). The number of hydrogen-bond acceptors (Lipinski definition) is 5. The van der Waals surface area contributed by atoms with Gasteiger partial charge in [-0.3, -0.25) is 14.8 Å². The molecule has 0 radical (unpaired) electrons. The van der Waals surface area contributed by atoms with Gasteiger partial charge < -0.3 is 10.2 Å². The van der Waals surface area contributed by atoms with Crippen LogP contribution in [-0.2, 0) is 6.42 Å². The van der Waals surface area contributed by atoms with Crippen molar-refractivity contribution in [1.29, 1.82) is 0 Å². The Bertz CT molecular complexity index is 952. The maximum atomic E-state index is 4.28. The minimum Gasteiger partial charge on any atom is -0.371 e. The van der Waals surface area contributed by atoms with Crippen molar-refractivity contribution in [3.05, 3.63) is 59.4 Å². The van der Waals surface area contributed by atoms with Gasteiger partial charge in [0.25, 0.3) is 0 Å². The number of pyridine rings is 1. The third-order valence-electron chi connectivity index (χ3n) is 7.73. The highest BCUT2D eigenvalue weighted by molar-refractivity contribution is 5.89. The summed E-state index contributed by atoms with van der Waals surface area (Å²) in [5, 5.41) is 3.84. The average molecular weight is 446 g/mol. The minimum atomic E-state index is 0.654. The van der Waals surface area contributed by atoms with Gasteiger partial charge in [-0.1, -0.05) is 12.1 Å². The lowest BCUT2D eigenvalue weighted by atomic mass is 10.0. The van der Waals surface area contributed by atoms with E-state index in [1.165, 1.54) is 73.5 Å².